The Bertz CT molecular complexity index is 2040. The molecule has 0 bridgehead atoms. The van der Waals surface area contributed by atoms with Crippen LogP contribution >= 0.6 is 22.7 Å². The SMILES string of the molecule is C=CC(=O)OCCCOc1ccc(C#Cc2cc3cc4sc(C#Cc5ccc(OCCOC(=O)C=C)cc5C)cc4cc3s2)c(C)c1. The fourth-order valence-corrected chi connectivity index (χ4v) is 6.42. The molecule has 0 amide bonds. The fourth-order valence-electron chi connectivity index (χ4n) is 4.53. The number of ether oxygens (including phenoxy) is 4. The number of rotatable bonds is 11. The van der Waals surface area contributed by atoms with Gasteiger partial charge in [-0.2, -0.15) is 0 Å². The van der Waals surface area contributed by atoms with E-state index >= 15 is 0 Å². The van der Waals surface area contributed by atoms with E-state index in [1.807, 2.05) is 50.2 Å². The van der Waals surface area contributed by atoms with E-state index in [0.29, 0.717) is 25.4 Å². The van der Waals surface area contributed by atoms with Crippen molar-refractivity contribution in [2.24, 2.45) is 0 Å². The van der Waals surface area contributed by atoms with Gasteiger partial charge >= 0.3 is 11.9 Å². The highest BCUT2D eigenvalue weighted by molar-refractivity contribution is 7.21. The second-order valence-electron chi connectivity index (χ2n) is 10.4. The Labute approximate surface area is 282 Å². The van der Waals surface area contributed by atoms with E-state index in [1.54, 1.807) is 22.7 Å². The molecule has 6 nitrogen and oxygen atoms in total. The molecule has 236 valence electrons. The Balaban J connectivity index is 1.20. The Morgan fingerprint density at radius 2 is 1.13 bits per heavy atom. The number of fused-ring (bicyclic) bond motifs is 2. The molecule has 0 atom stereocenters. The quantitative estimate of drug-likeness (QED) is 0.0617. The predicted octanol–water partition coefficient (Wildman–Crippen LogP) is 8.14. The molecule has 3 aromatic carbocycles. The van der Waals surface area contributed by atoms with E-state index in [0.717, 1.165) is 60.7 Å². The van der Waals surface area contributed by atoms with Gasteiger partial charge in [0.1, 0.15) is 24.7 Å². The summed E-state index contributed by atoms with van der Waals surface area (Å²) in [5.74, 6) is 13.8. The van der Waals surface area contributed by atoms with E-state index in [-0.39, 0.29) is 13.2 Å². The monoisotopic (exact) mass is 660 g/mol. The van der Waals surface area contributed by atoms with Gasteiger partial charge in [-0.1, -0.05) is 36.8 Å². The number of aryl methyl sites for hydroxylation is 2. The van der Waals surface area contributed by atoms with Crippen LogP contribution in [0.1, 0.15) is 38.4 Å². The zero-order valence-electron chi connectivity index (χ0n) is 26.1. The van der Waals surface area contributed by atoms with Crippen LogP contribution < -0.4 is 9.47 Å². The van der Waals surface area contributed by atoms with Crippen LogP contribution in [0.4, 0.5) is 0 Å². The maximum Gasteiger partial charge on any atom is 0.330 e. The molecule has 2 aromatic heterocycles. The van der Waals surface area contributed by atoms with Gasteiger partial charge in [0.05, 0.1) is 23.0 Å². The van der Waals surface area contributed by atoms with E-state index in [2.05, 4.69) is 61.1 Å². The predicted molar refractivity (Wildman–Crippen MR) is 189 cm³/mol. The van der Waals surface area contributed by atoms with Gasteiger partial charge in [0.25, 0.3) is 0 Å². The van der Waals surface area contributed by atoms with Crippen molar-refractivity contribution in [2.75, 3.05) is 26.4 Å². The third-order valence-electron chi connectivity index (χ3n) is 6.92. The van der Waals surface area contributed by atoms with Gasteiger partial charge in [0.15, 0.2) is 0 Å². The van der Waals surface area contributed by atoms with Crippen LogP contribution in [-0.2, 0) is 19.1 Å². The Morgan fingerprint density at radius 3 is 1.62 bits per heavy atom. The molecule has 0 N–H and O–H groups in total. The summed E-state index contributed by atoms with van der Waals surface area (Å²) in [4.78, 5) is 24.3. The molecule has 0 fully saturated rings. The minimum absolute atomic E-state index is 0.163. The first-order chi connectivity index (χ1) is 22.8. The van der Waals surface area contributed by atoms with Gasteiger partial charge in [-0.05, 0) is 96.4 Å². The van der Waals surface area contributed by atoms with E-state index in [1.165, 1.54) is 9.40 Å². The van der Waals surface area contributed by atoms with Crippen molar-refractivity contribution in [3.05, 3.63) is 118 Å². The van der Waals surface area contributed by atoms with Crippen LogP contribution in [0, 0.1) is 37.5 Å². The zero-order valence-corrected chi connectivity index (χ0v) is 27.8. The lowest BCUT2D eigenvalue weighted by molar-refractivity contribution is -0.139. The van der Waals surface area contributed by atoms with Gasteiger partial charge in [0, 0.05) is 39.1 Å². The number of hydrogen-bond donors (Lipinski definition) is 0. The second-order valence-corrected chi connectivity index (χ2v) is 12.6. The van der Waals surface area contributed by atoms with E-state index < -0.39 is 11.9 Å². The van der Waals surface area contributed by atoms with Crippen molar-refractivity contribution < 1.29 is 28.5 Å². The molecular formula is C39H32O6S2. The number of carbonyl (C=O) groups is 2. The highest BCUT2D eigenvalue weighted by Crippen LogP contribution is 2.34. The minimum Gasteiger partial charge on any atom is -0.493 e. The molecular weight excluding hydrogens is 629 g/mol. The van der Waals surface area contributed by atoms with Gasteiger partial charge in [-0.3, -0.25) is 0 Å². The van der Waals surface area contributed by atoms with Gasteiger partial charge < -0.3 is 18.9 Å². The Morgan fingerprint density at radius 1 is 0.638 bits per heavy atom. The van der Waals surface area contributed by atoms with Crippen LogP contribution in [0.25, 0.3) is 20.2 Å². The maximum atomic E-state index is 11.1. The number of carbonyl (C=O) groups excluding carboxylic acids is 2. The minimum atomic E-state index is -0.465. The lowest BCUT2D eigenvalue weighted by atomic mass is 10.1. The lowest BCUT2D eigenvalue weighted by Gasteiger charge is -2.08. The van der Waals surface area contributed by atoms with Crippen molar-refractivity contribution in [3.8, 4) is 35.2 Å². The number of thiophene rings is 2. The van der Waals surface area contributed by atoms with Crippen molar-refractivity contribution in [1.82, 2.24) is 0 Å². The van der Waals surface area contributed by atoms with Crippen molar-refractivity contribution in [1.29, 1.82) is 0 Å². The van der Waals surface area contributed by atoms with Crippen LogP contribution in [0.3, 0.4) is 0 Å². The van der Waals surface area contributed by atoms with Crippen LogP contribution in [0.5, 0.6) is 11.5 Å². The van der Waals surface area contributed by atoms with E-state index in [9.17, 15) is 9.59 Å². The zero-order chi connectivity index (χ0) is 33.2. The smallest absolute Gasteiger partial charge is 0.330 e. The third-order valence-corrected chi connectivity index (χ3v) is 8.95. The Hall–Kier alpha value is -5.28. The molecule has 0 aliphatic rings. The Kier molecular flexibility index (Phi) is 11.1. The molecule has 0 saturated carbocycles. The van der Waals surface area contributed by atoms with Crippen LogP contribution in [0.15, 0.2) is 86.0 Å². The van der Waals surface area contributed by atoms with Crippen LogP contribution in [0.2, 0.25) is 0 Å². The van der Waals surface area contributed by atoms with E-state index in [4.69, 9.17) is 18.9 Å². The van der Waals surface area contributed by atoms with Crippen molar-refractivity contribution >= 4 is 54.8 Å². The highest BCUT2D eigenvalue weighted by atomic mass is 32.1. The first kappa shape index (κ1) is 33.1. The summed E-state index contributed by atoms with van der Waals surface area (Å²) in [5, 5.41) is 2.33. The van der Waals surface area contributed by atoms with Gasteiger partial charge in [0.2, 0.25) is 0 Å². The molecule has 0 unspecified atom stereocenters. The number of esters is 2. The normalized spacial score (nSPS) is 10.3. The topological polar surface area (TPSA) is 71.1 Å². The van der Waals surface area contributed by atoms with Crippen molar-refractivity contribution in [3.63, 3.8) is 0 Å². The lowest BCUT2D eigenvalue weighted by Crippen LogP contribution is -2.10. The molecule has 5 aromatic rings. The summed E-state index contributed by atoms with van der Waals surface area (Å²) in [5.41, 5.74) is 3.92. The highest BCUT2D eigenvalue weighted by Gasteiger charge is 2.07. The van der Waals surface area contributed by atoms with Gasteiger partial charge in [-0.15, -0.1) is 22.7 Å². The van der Waals surface area contributed by atoms with Gasteiger partial charge in [-0.25, -0.2) is 9.59 Å². The summed E-state index contributed by atoms with van der Waals surface area (Å²) in [6, 6.07) is 20.3. The third kappa shape index (κ3) is 9.14. The summed E-state index contributed by atoms with van der Waals surface area (Å²) < 4.78 is 23.7. The summed E-state index contributed by atoms with van der Waals surface area (Å²) >= 11 is 3.35. The average Bonchev–Trinajstić information content (AvgIpc) is 3.66. The molecule has 0 aliphatic carbocycles. The first-order valence-electron chi connectivity index (χ1n) is 14.9. The van der Waals surface area contributed by atoms with Crippen molar-refractivity contribution in [2.45, 2.75) is 20.3 Å². The standard InChI is InChI=1S/C39H32O6S2/c1-5-38(40)44-17-7-16-42-32-12-8-28(26(3)20-32)10-14-34-22-30-24-37-31(25-36(30)46-34)23-35(47-37)15-11-29-9-13-33(21-27(29)4)43-18-19-45-39(41)6-2/h5-6,8-9,12-13,20-25H,1-2,7,16-19H2,3-4H3. The second kappa shape index (κ2) is 15.8. The molecule has 47 heavy (non-hydrogen) atoms. The molecule has 0 saturated heterocycles. The number of benzene rings is 3. The number of hydrogen-bond acceptors (Lipinski definition) is 8. The summed E-state index contributed by atoms with van der Waals surface area (Å²) in [6.45, 7) is 11.9. The summed E-state index contributed by atoms with van der Waals surface area (Å²) in [6.07, 6.45) is 2.88. The molecule has 0 aliphatic heterocycles. The molecule has 5 rings (SSSR count). The largest absolute Gasteiger partial charge is 0.493 e. The average molecular weight is 661 g/mol. The molecule has 0 radical (unpaired) electrons. The maximum absolute atomic E-state index is 11.1. The fraction of sp³-hybridized carbons (Fsp3) is 0.179. The van der Waals surface area contributed by atoms with Crippen LogP contribution in [-0.4, -0.2) is 38.4 Å². The summed E-state index contributed by atoms with van der Waals surface area (Å²) in [7, 11) is 0. The first-order valence-corrected chi connectivity index (χ1v) is 16.5. The molecule has 0 spiro atoms. The molecule has 8 heteroatoms. The molecule has 2 heterocycles.